The summed E-state index contributed by atoms with van der Waals surface area (Å²) in [5.74, 6) is 4.68. The lowest BCUT2D eigenvalue weighted by molar-refractivity contribution is 0.0984. The lowest BCUT2D eigenvalue weighted by atomic mass is 10.1. The summed E-state index contributed by atoms with van der Waals surface area (Å²) in [4.78, 5) is 50.8. The van der Waals surface area contributed by atoms with E-state index >= 15 is 0 Å². The molecule has 0 unspecified atom stereocenters. The summed E-state index contributed by atoms with van der Waals surface area (Å²) in [6.45, 7) is 0. The predicted molar refractivity (Wildman–Crippen MR) is 167 cm³/mol. The third-order valence-corrected chi connectivity index (χ3v) is 6.47. The Morgan fingerprint density at radius 1 is 0.442 bits per heavy atom. The van der Waals surface area contributed by atoms with Gasteiger partial charge in [-0.15, -0.1) is 0 Å². The summed E-state index contributed by atoms with van der Waals surface area (Å²) in [6, 6.07) is 37.1. The van der Waals surface area contributed by atoms with Gasteiger partial charge < -0.3 is 16.0 Å². The lowest BCUT2D eigenvalue weighted by Gasteiger charge is -2.18. The van der Waals surface area contributed by atoms with Crippen molar-refractivity contribution < 1.29 is 19.2 Å². The predicted octanol–water partition coefficient (Wildman–Crippen LogP) is 5.96. The number of nitrogens with two attached hydrogens (primary N) is 1. The highest BCUT2D eigenvalue weighted by Crippen LogP contribution is 2.20. The molecule has 0 atom stereocenters. The Morgan fingerprint density at radius 2 is 0.814 bits per heavy atom. The Bertz CT molecular complexity index is 1760. The molecule has 0 saturated carbocycles. The highest BCUT2D eigenvalue weighted by molar-refractivity contribution is 6.10. The molecular weight excluding hydrogens is 542 g/mol. The number of hydrogen-bond acceptors (Lipinski definition) is 5. The number of amides is 4. The van der Waals surface area contributed by atoms with E-state index in [-0.39, 0.29) is 22.9 Å². The molecule has 0 aliphatic rings. The Labute approximate surface area is 247 Å². The number of anilines is 4. The molecule has 0 saturated heterocycles. The van der Waals surface area contributed by atoms with Gasteiger partial charge in [-0.05, 0) is 91.0 Å². The number of nitrogens with one attached hydrogen (secondary N) is 3. The molecular formula is C34H27N5O4. The maximum absolute atomic E-state index is 13.1. The van der Waals surface area contributed by atoms with Gasteiger partial charge >= 0.3 is 0 Å². The van der Waals surface area contributed by atoms with Gasteiger partial charge in [-0.25, -0.2) is 10.9 Å². The summed E-state index contributed by atoms with van der Waals surface area (Å²) in [5, 5.41) is 9.37. The average Bonchev–Trinajstić information content (AvgIpc) is 3.06. The van der Waals surface area contributed by atoms with Crippen molar-refractivity contribution in [3.63, 3.8) is 0 Å². The maximum atomic E-state index is 13.1. The van der Waals surface area contributed by atoms with E-state index in [1.807, 2.05) is 12.1 Å². The Kier molecular flexibility index (Phi) is 8.65. The van der Waals surface area contributed by atoms with Crippen LogP contribution in [0, 0.1) is 0 Å². The van der Waals surface area contributed by atoms with Gasteiger partial charge in [0.25, 0.3) is 23.6 Å². The van der Waals surface area contributed by atoms with Crippen LogP contribution in [0.2, 0.25) is 0 Å². The number of benzene rings is 5. The van der Waals surface area contributed by atoms with Gasteiger partial charge in [-0.1, -0.05) is 42.5 Å². The quantitative estimate of drug-likeness (QED) is 0.104. The summed E-state index contributed by atoms with van der Waals surface area (Å²) in [6.07, 6.45) is 0. The number of carbonyl (C=O) groups excluding carboxylic acids is 4. The van der Waals surface area contributed by atoms with E-state index in [9.17, 15) is 19.2 Å². The fraction of sp³-hybridized carbons (Fsp3) is 0. The SMILES string of the molecule is NN(C(=O)c1cccc(C(=O)Nc2ccc(NC(=O)c3ccccc3)cc2)c1)c1ccc(NC(=O)c2ccccc2)cc1. The second-order valence-electron chi connectivity index (χ2n) is 9.47. The third-order valence-electron chi connectivity index (χ3n) is 6.47. The minimum absolute atomic E-state index is 0.218. The number of rotatable bonds is 8. The second-order valence-corrected chi connectivity index (χ2v) is 9.47. The lowest BCUT2D eigenvalue weighted by Crippen LogP contribution is -2.37. The van der Waals surface area contributed by atoms with Crippen LogP contribution < -0.4 is 26.8 Å². The van der Waals surface area contributed by atoms with Crippen molar-refractivity contribution in [2.45, 2.75) is 0 Å². The molecule has 9 nitrogen and oxygen atoms in total. The Morgan fingerprint density at radius 3 is 1.28 bits per heavy atom. The van der Waals surface area contributed by atoms with Gasteiger partial charge in [0.2, 0.25) is 0 Å². The van der Waals surface area contributed by atoms with Crippen LogP contribution in [0.3, 0.4) is 0 Å². The summed E-state index contributed by atoms with van der Waals surface area (Å²) in [7, 11) is 0. The molecule has 0 fully saturated rings. The highest BCUT2D eigenvalue weighted by Gasteiger charge is 2.17. The first kappa shape index (κ1) is 28.5. The van der Waals surface area contributed by atoms with E-state index in [2.05, 4.69) is 16.0 Å². The van der Waals surface area contributed by atoms with Crippen molar-refractivity contribution in [1.29, 1.82) is 0 Å². The zero-order valence-electron chi connectivity index (χ0n) is 22.9. The third kappa shape index (κ3) is 7.18. The molecule has 5 rings (SSSR count). The van der Waals surface area contributed by atoms with Crippen molar-refractivity contribution in [2.24, 2.45) is 5.84 Å². The van der Waals surface area contributed by atoms with Crippen molar-refractivity contribution in [1.82, 2.24) is 0 Å². The fourth-order valence-corrected chi connectivity index (χ4v) is 4.18. The minimum atomic E-state index is -0.519. The van der Waals surface area contributed by atoms with Crippen LogP contribution in [0.15, 0.2) is 133 Å². The zero-order chi connectivity index (χ0) is 30.2. The normalized spacial score (nSPS) is 10.3. The smallest absolute Gasteiger partial charge is 0.272 e. The minimum Gasteiger partial charge on any atom is -0.322 e. The molecule has 5 N–H and O–H groups in total. The van der Waals surface area contributed by atoms with E-state index in [1.165, 1.54) is 6.07 Å². The van der Waals surface area contributed by atoms with Crippen LogP contribution in [0.25, 0.3) is 0 Å². The van der Waals surface area contributed by atoms with Crippen LogP contribution in [-0.4, -0.2) is 23.6 Å². The molecule has 9 heteroatoms. The summed E-state index contributed by atoms with van der Waals surface area (Å²) < 4.78 is 0. The summed E-state index contributed by atoms with van der Waals surface area (Å²) in [5.41, 5.74) is 3.58. The van der Waals surface area contributed by atoms with Gasteiger partial charge in [0.1, 0.15) is 0 Å². The van der Waals surface area contributed by atoms with E-state index in [4.69, 9.17) is 5.84 Å². The molecule has 0 heterocycles. The molecule has 212 valence electrons. The van der Waals surface area contributed by atoms with Crippen LogP contribution in [0.4, 0.5) is 22.7 Å². The van der Waals surface area contributed by atoms with Gasteiger partial charge in [-0.2, -0.15) is 0 Å². The first-order valence-corrected chi connectivity index (χ1v) is 13.3. The highest BCUT2D eigenvalue weighted by atomic mass is 16.2. The second kappa shape index (κ2) is 13.1. The average molecular weight is 570 g/mol. The number of nitrogens with zero attached hydrogens (tertiary/aromatic N) is 1. The van der Waals surface area contributed by atoms with Gasteiger partial charge in [0.05, 0.1) is 5.69 Å². The van der Waals surface area contributed by atoms with E-state index < -0.39 is 11.8 Å². The Hall–Kier alpha value is -6.06. The standard InChI is InChI=1S/C34H27N5O4/c35-39(30-20-18-29(19-21-30)37-32(41)24-10-5-2-6-11-24)34(43)26-13-7-12-25(22-26)33(42)38-28-16-14-27(15-17-28)36-31(40)23-8-3-1-4-9-23/h1-22H,35H2,(H,36,40)(H,37,41)(H,38,42). The van der Waals surface area contributed by atoms with E-state index in [1.54, 1.807) is 115 Å². The number of carbonyl (C=O) groups is 4. The van der Waals surface area contributed by atoms with Gasteiger partial charge in [-0.3, -0.25) is 19.2 Å². The molecule has 43 heavy (non-hydrogen) atoms. The van der Waals surface area contributed by atoms with Crippen molar-refractivity contribution in [3.05, 3.63) is 156 Å². The topological polar surface area (TPSA) is 134 Å². The summed E-state index contributed by atoms with van der Waals surface area (Å²) >= 11 is 0. The van der Waals surface area contributed by atoms with Crippen molar-refractivity contribution in [2.75, 3.05) is 21.0 Å². The first-order chi connectivity index (χ1) is 20.9. The molecule has 5 aromatic rings. The monoisotopic (exact) mass is 569 g/mol. The fourth-order valence-electron chi connectivity index (χ4n) is 4.18. The van der Waals surface area contributed by atoms with Crippen LogP contribution >= 0.6 is 0 Å². The van der Waals surface area contributed by atoms with E-state index in [0.717, 1.165) is 5.01 Å². The Balaban J connectivity index is 1.19. The molecule has 4 amide bonds. The molecule has 0 aliphatic carbocycles. The van der Waals surface area contributed by atoms with Crippen LogP contribution in [0.5, 0.6) is 0 Å². The molecule has 5 aromatic carbocycles. The number of hydrogen-bond donors (Lipinski definition) is 4. The van der Waals surface area contributed by atoms with Gasteiger partial charge in [0.15, 0.2) is 0 Å². The molecule has 0 bridgehead atoms. The first-order valence-electron chi connectivity index (χ1n) is 13.3. The molecule has 0 aliphatic heterocycles. The number of hydrazine groups is 1. The molecule has 0 radical (unpaired) electrons. The van der Waals surface area contributed by atoms with Crippen LogP contribution in [-0.2, 0) is 0 Å². The van der Waals surface area contributed by atoms with Crippen molar-refractivity contribution in [3.8, 4) is 0 Å². The zero-order valence-corrected chi connectivity index (χ0v) is 22.9. The van der Waals surface area contributed by atoms with Crippen LogP contribution in [0.1, 0.15) is 41.4 Å². The largest absolute Gasteiger partial charge is 0.322 e. The van der Waals surface area contributed by atoms with Crippen molar-refractivity contribution >= 4 is 46.4 Å². The maximum Gasteiger partial charge on any atom is 0.272 e. The molecule has 0 aromatic heterocycles. The van der Waals surface area contributed by atoms with Gasteiger partial charge in [0, 0.05) is 39.3 Å². The molecule has 0 spiro atoms. The van der Waals surface area contributed by atoms with E-state index in [0.29, 0.717) is 33.9 Å².